The summed E-state index contributed by atoms with van der Waals surface area (Å²) >= 11 is 1.66. The first-order chi connectivity index (χ1) is 5.26. The number of hydrogen-bond acceptors (Lipinski definition) is 3. The molecule has 0 aliphatic carbocycles. The summed E-state index contributed by atoms with van der Waals surface area (Å²) in [5.41, 5.74) is 4.02. The molecule has 0 atom stereocenters. The molecule has 0 spiro atoms. The first-order valence-corrected chi connectivity index (χ1v) is 4.54. The van der Waals surface area contributed by atoms with Crippen LogP contribution < -0.4 is 5.48 Å². The Morgan fingerprint density at radius 2 is 2.09 bits per heavy atom. The summed E-state index contributed by atoms with van der Waals surface area (Å²) in [6.45, 7) is 2.00. The number of anilines is 1. The minimum Gasteiger partial charge on any atom is -0.291 e. The van der Waals surface area contributed by atoms with Gasteiger partial charge in [0, 0.05) is 4.90 Å². The Morgan fingerprint density at radius 1 is 1.36 bits per heavy atom. The van der Waals surface area contributed by atoms with Gasteiger partial charge < -0.3 is 0 Å². The second-order valence-corrected chi connectivity index (χ2v) is 3.23. The van der Waals surface area contributed by atoms with E-state index in [9.17, 15) is 0 Å². The van der Waals surface area contributed by atoms with Crippen molar-refractivity contribution in [3.63, 3.8) is 0 Å². The average molecular weight is 169 g/mol. The quantitative estimate of drug-likeness (QED) is 0.527. The van der Waals surface area contributed by atoms with Crippen molar-refractivity contribution in [1.82, 2.24) is 0 Å². The lowest BCUT2D eigenvalue weighted by Crippen LogP contribution is -1.89. The van der Waals surface area contributed by atoms with E-state index >= 15 is 0 Å². The van der Waals surface area contributed by atoms with Crippen molar-refractivity contribution in [1.29, 1.82) is 0 Å². The zero-order valence-electron chi connectivity index (χ0n) is 6.59. The van der Waals surface area contributed by atoms with Crippen LogP contribution in [0.4, 0.5) is 5.69 Å². The fourth-order valence-electron chi connectivity index (χ4n) is 0.930. The smallest absolute Gasteiger partial charge is 0.0615 e. The van der Waals surface area contributed by atoms with Gasteiger partial charge in [-0.3, -0.25) is 10.7 Å². The Kier molecular flexibility index (Phi) is 2.79. The fourth-order valence-corrected chi connectivity index (χ4v) is 1.48. The monoisotopic (exact) mass is 169 g/mol. The lowest BCUT2D eigenvalue weighted by molar-refractivity contribution is 0.388. The number of rotatable bonds is 2. The lowest BCUT2D eigenvalue weighted by atomic mass is 10.2. The molecule has 60 valence electrons. The van der Waals surface area contributed by atoms with E-state index < -0.39 is 0 Å². The van der Waals surface area contributed by atoms with Gasteiger partial charge in [-0.1, -0.05) is 0 Å². The molecule has 1 aromatic rings. The van der Waals surface area contributed by atoms with E-state index in [0.717, 1.165) is 16.1 Å². The third-order valence-electron chi connectivity index (χ3n) is 1.42. The average Bonchev–Trinajstić information content (AvgIpc) is 2.03. The molecule has 3 heteroatoms. The zero-order valence-corrected chi connectivity index (χ0v) is 7.40. The Hall–Kier alpha value is -0.670. The van der Waals surface area contributed by atoms with Crippen molar-refractivity contribution in [3.8, 4) is 0 Å². The topological polar surface area (TPSA) is 32.3 Å². The summed E-state index contributed by atoms with van der Waals surface area (Å²) in [5, 5.41) is 8.62. The Labute approximate surface area is 70.6 Å². The molecule has 2 N–H and O–H groups in total. The second kappa shape index (κ2) is 3.64. The van der Waals surface area contributed by atoms with Crippen molar-refractivity contribution in [2.75, 3.05) is 11.7 Å². The highest BCUT2D eigenvalue weighted by Crippen LogP contribution is 2.20. The van der Waals surface area contributed by atoms with E-state index in [2.05, 4.69) is 11.5 Å². The molecule has 0 aromatic heterocycles. The highest BCUT2D eigenvalue weighted by Gasteiger charge is 1.95. The molecule has 0 saturated carbocycles. The number of aryl methyl sites for hydroxylation is 1. The largest absolute Gasteiger partial charge is 0.291 e. The first-order valence-electron chi connectivity index (χ1n) is 3.32. The Morgan fingerprint density at radius 3 is 2.64 bits per heavy atom. The molecule has 0 unspecified atom stereocenters. The van der Waals surface area contributed by atoms with E-state index in [1.54, 1.807) is 11.8 Å². The number of hydrogen-bond donors (Lipinski definition) is 2. The normalized spacial score (nSPS) is 9.73. The highest BCUT2D eigenvalue weighted by atomic mass is 32.2. The van der Waals surface area contributed by atoms with E-state index in [0.29, 0.717) is 0 Å². The van der Waals surface area contributed by atoms with E-state index in [4.69, 9.17) is 5.21 Å². The van der Waals surface area contributed by atoms with Crippen LogP contribution in [0.15, 0.2) is 23.1 Å². The van der Waals surface area contributed by atoms with Gasteiger partial charge in [0.2, 0.25) is 0 Å². The van der Waals surface area contributed by atoms with Crippen molar-refractivity contribution >= 4 is 17.4 Å². The molecular weight excluding hydrogens is 158 g/mol. The predicted molar refractivity (Wildman–Crippen MR) is 48.4 cm³/mol. The molecule has 0 amide bonds. The molecular formula is C8H11NOS. The molecule has 0 bridgehead atoms. The SMILES string of the molecule is CSc1cc(C)cc(NO)c1. The third-order valence-corrected chi connectivity index (χ3v) is 2.12. The van der Waals surface area contributed by atoms with Crippen LogP contribution in [0.5, 0.6) is 0 Å². The lowest BCUT2D eigenvalue weighted by Gasteiger charge is -2.03. The maximum Gasteiger partial charge on any atom is 0.0615 e. The molecule has 11 heavy (non-hydrogen) atoms. The van der Waals surface area contributed by atoms with Gasteiger partial charge in [0.25, 0.3) is 0 Å². The second-order valence-electron chi connectivity index (χ2n) is 2.35. The molecule has 0 heterocycles. The van der Waals surface area contributed by atoms with Crippen molar-refractivity contribution in [2.24, 2.45) is 0 Å². The van der Waals surface area contributed by atoms with Crippen LogP contribution in [-0.4, -0.2) is 11.5 Å². The van der Waals surface area contributed by atoms with Gasteiger partial charge in [0.05, 0.1) is 5.69 Å². The summed E-state index contributed by atoms with van der Waals surface area (Å²) in [7, 11) is 0. The Balaban J connectivity index is 3.02. The number of benzene rings is 1. The van der Waals surface area contributed by atoms with Crippen molar-refractivity contribution in [2.45, 2.75) is 11.8 Å². The molecule has 0 aliphatic heterocycles. The van der Waals surface area contributed by atoms with E-state index in [-0.39, 0.29) is 0 Å². The molecule has 1 aromatic carbocycles. The summed E-state index contributed by atoms with van der Waals surface area (Å²) in [6, 6.07) is 5.86. The van der Waals surface area contributed by atoms with Gasteiger partial charge in [0.1, 0.15) is 0 Å². The maximum atomic E-state index is 8.62. The molecule has 1 rings (SSSR count). The highest BCUT2D eigenvalue weighted by molar-refractivity contribution is 7.98. The van der Waals surface area contributed by atoms with E-state index in [1.165, 1.54) is 0 Å². The number of nitrogens with one attached hydrogen (secondary N) is 1. The maximum absolute atomic E-state index is 8.62. The van der Waals surface area contributed by atoms with E-state index in [1.807, 2.05) is 25.3 Å². The minimum atomic E-state index is 0.745. The molecule has 0 fully saturated rings. The van der Waals surface area contributed by atoms with Gasteiger partial charge in [-0.05, 0) is 36.9 Å². The fraction of sp³-hybridized carbons (Fsp3) is 0.250. The number of thioether (sulfide) groups is 1. The van der Waals surface area contributed by atoms with Gasteiger partial charge in [0.15, 0.2) is 0 Å². The summed E-state index contributed by atoms with van der Waals surface area (Å²) < 4.78 is 0. The predicted octanol–water partition coefficient (Wildman–Crippen LogP) is 2.52. The molecule has 0 saturated heterocycles. The summed E-state index contributed by atoms with van der Waals surface area (Å²) in [5.74, 6) is 0. The molecule has 2 nitrogen and oxygen atoms in total. The van der Waals surface area contributed by atoms with Crippen LogP contribution in [0, 0.1) is 6.92 Å². The van der Waals surface area contributed by atoms with Crippen LogP contribution in [0.25, 0.3) is 0 Å². The van der Waals surface area contributed by atoms with Crippen LogP contribution in [0.1, 0.15) is 5.56 Å². The summed E-state index contributed by atoms with van der Waals surface area (Å²) in [6.07, 6.45) is 2.01. The molecule has 0 radical (unpaired) electrons. The summed E-state index contributed by atoms with van der Waals surface area (Å²) in [4.78, 5) is 1.15. The van der Waals surface area contributed by atoms with Gasteiger partial charge >= 0.3 is 0 Å². The van der Waals surface area contributed by atoms with Crippen LogP contribution in [0.3, 0.4) is 0 Å². The van der Waals surface area contributed by atoms with Gasteiger partial charge in [-0.2, -0.15) is 0 Å². The standard InChI is InChI=1S/C8H11NOS/c1-6-3-7(9-10)5-8(4-6)11-2/h3-5,9-10H,1-2H3. The third kappa shape index (κ3) is 2.13. The Bertz CT molecular complexity index is 228. The van der Waals surface area contributed by atoms with Crippen molar-refractivity contribution in [3.05, 3.63) is 23.8 Å². The van der Waals surface area contributed by atoms with Crippen LogP contribution >= 0.6 is 11.8 Å². The first kappa shape index (κ1) is 8.43. The van der Waals surface area contributed by atoms with Crippen molar-refractivity contribution < 1.29 is 5.21 Å². The van der Waals surface area contributed by atoms with Gasteiger partial charge in [-0.25, -0.2) is 0 Å². The van der Waals surface area contributed by atoms with Crippen LogP contribution in [-0.2, 0) is 0 Å². The molecule has 0 aliphatic rings. The van der Waals surface area contributed by atoms with Gasteiger partial charge in [-0.15, -0.1) is 11.8 Å². The van der Waals surface area contributed by atoms with Crippen LogP contribution in [0.2, 0.25) is 0 Å². The zero-order chi connectivity index (χ0) is 8.27. The minimum absolute atomic E-state index is 0.745.